The van der Waals surface area contributed by atoms with Gasteiger partial charge in [-0.2, -0.15) is 5.10 Å². The first-order chi connectivity index (χ1) is 10.7. The fourth-order valence-corrected chi connectivity index (χ4v) is 3.56. The summed E-state index contributed by atoms with van der Waals surface area (Å²) in [5.74, 6) is 1.49. The Kier molecular flexibility index (Phi) is 6.40. The van der Waals surface area contributed by atoms with Gasteiger partial charge in [0.1, 0.15) is 5.01 Å². The van der Waals surface area contributed by atoms with Crippen LogP contribution in [-0.4, -0.2) is 45.8 Å². The number of hydrogen-bond donors (Lipinski definition) is 1. The van der Waals surface area contributed by atoms with Gasteiger partial charge in [0.25, 0.3) is 0 Å². The molecule has 1 unspecified atom stereocenters. The Labute approximate surface area is 158 Å². The highest BCUT2D eigenvalue weighted by atomic mass is 127. The summed E-state index contributed by atoms with van der Waals surface area (Å²) < 4.78 is 1.87. The molecule has 0 saturated carbocycles. The summed E-state index contributed by atoms with van der Waals surface area (Å²) in [5, 5.41) is 10.9. The maximum absolute atomic E-state index is 4.48. The fraction of sp³-hybridized carbons (Fsp3) is 0.533. The highest BCUT2D eigenvalue weighted by molar-refractivity contribution is 14.0. The molecule has 0 aromatic carbocycles. The molecular formula is C15H23IN6S. The number of aromatic nitrogens is 3. The van der Waals surface area contributed by atoms with Gasteiger partial charge in [-0.1, -0.05) is 0 Å². The van der Waals surface area contributed by atoms with Crippen LogP contribution in [0.2, 0.25) is 0 Å². The zero-order chi connectivity index (χ0) is 15.5. The predicted molar refractivity (Wildman–Crippen MR) is 105 cm³/mol. The SMILES string of the molecule is CN=C(NCc1nc(C)cs1)N1CCC(c2cnn(C)c2)C1.I. The monoisotopic (exact) mass is 446 g/mol. The van der Waals surface area contributed by atoms with Crippen molar-refractivity contribution < 1.29 is 0 Å². The molecule has 1 aliphatic heterocycles. The standard InChI is InChI=1S/C15H22N6S.HI/c1-11-10-22-14(19-11)7-17-15(16-2)21-5-4-12(9-21)13-6-18-20(3)8-13;/h6,8,10,12H,4-5,7,9H2,1-3H3,(H,16,17);1H. The lowest BCUT2D eigenvalue weighted by Crippen LogP contribution is -2.39. The Morgan fingerprint density at radius 2 is 2.35 bits per heavy atom. The number of hydrogen-bond acceptors (Lipinski definition) is 4. The Hall–Kier alpha value is -1.16. The average molecular weight is 446 g/mol. The van der Waals surface area contributed by atoms with Crippen molar-refractivity contribution >= 4 is 41.3 Å². The minimum absolute atomic E-state index is 0. The number of halogens is 1. The Balaban J connectivity index is 0.00000192. The van der Waals surface area contributed by atoms with Gasteiger partial charge >= 0.3 is 0 Å². The van der Waals surface area contributed by atoms with Crippen LogP contribution in [0.3, 0.4) is 0 Å². The lowest BCUT2D eigenvalue weighted by molar-refractivity contribution is 0.485. The third kappa shape index (κ3) is 4.43. The number of rotatable bonds is 3. The van der Waals surface area contributed by atoms with E-state index in [2.05, 4.69) is 36.9 Å². The Morgan fingerprint density at radius 3 is 2.96 bits per heavy atom. The second-order valence-electron chi connectivity index (χ2n) is 5.66. The van der Waals surface area contributed by atoms with Crippen LogP contribution < -0.4 is 5.32 Å². The molecule has 3 heterocycles. The molecule has 8 heteroatoms. The third-order valence-corrected chi connectivity index (χ3v) is 4.93. The van der Waals surface area contributed by atoms with Gasteiger partial charge in [0.2, 0.25) is 0 Å². The lowest BCUT2D eigenvalue weighted by Gasteiger charge is -2.21. The summed E-state index contributed by atoms with van der Waals surface area (Å²) in [5.41, 5.74) is 2.39. The molecule has 126 valence electrons. The second-order valence-corrected chi connectivity index (χ2v) is 6.60. The highest BCUT2D eigenvalue weighted by Gasteiger charge is 2.26. The van der Waals surface area contributed by atoms with Crippen molar-refractivity contribution in [2.45, 2.75) is 25.8 Å². The van der Waals surface area contributed by atoms with Gasteiger partial charge in [-0.05, 0) is 18.9 Å². The van der Waals surface area contributed by atoms with E-state index in [-0.39, 0.29) is 24.0 Å². The van der Waals surface area contributed by atoms with Gasteiger partial charge < -0.3 is 10.2 Å². The van der Waals surface area contributed by atoms with Crippen LogP contribution in [0.25, 0.3) is 0 Å². The summed E-state index contributed by atoms with van der Waals surface area (Å²) >= 11 is 1.69. The zero-order valence-corrected chi connectivity index (χ0v) is 16.8. The van der Waals surface area contributed by atoms with E-state index in [0.717, 1.165) is 42.7 Å². The van der Waals surface area contributed by atoms with Gasteiger partial charge in [0.05, 0.1) is 12.7 Å². The van der Waals surface area contributed by atoms with Gasteiger partial charge in [-0.3, -0.25) is 9.67 Å². The maximum Gasteiger partial charge on any atom is 0.194 e. The molecule has 23 heavy (non-hydrogen) atoms. The van der Waals surface area contributed by atoms with Crippen LogP contribution in [0.1, 0.15) is 28.6 Å². The molecule has 2 aromatic rings. The number of aryl methyl sites for hydroxylation is 2. The molecule has 0 amide bonds. The van der Waals surface area contributed by atoms with E-state index >= 15 is 0 Å². The van der Waals surface area contributed by atoms with Crippen molar-refractivity contribution in [2.24, 2.45) is 12.0 Å². The van der Waals surface area contributed by atoms with E-state index in [1.54, 1.807) is 11.3 Å². The summed E-state index contributed by atoms with van der Waals surface area (Å²) in [7, 11) is 3.81. The minimum Gasteiger partial charge on any atom is -0.350 e. The molecule has 1 atom stereocenters. The van der Waals surface area contributed by atoms with Crippen LogP contribution in [0.15, 0.2) is 22.8 Å². The quantitative estimate of drug-likeness (QED) is 0.447. The van der Waals surface area contributed by atoms with E-state index in [9.17, 15) is 0 Å². The van der Waals surface area contributed by atoms with E-state index in [4.69, 9.17) is 0 Å². The van der Waals surface area contributed by atoms with E-state index in [0.29, 0.717) is 5.92 Å². The van der Waals surface area contributed by atoms with Crippen LogP contribution >= 0.6 is 35.3 Å². The van der Waals surface area contributed by atoms with Crippen LogP contribution in [0.5, 0.6) is 0 Å². The maximum atomic E-state index is 4.48. The summed E-state index contributed by atoms with van der Waals surface area (Å²) in [6.45, 7) is 4.77. The van der Waals surface area contributed by atoms with E-state index in [1.807, 2.05) is 31.9 Å². The molecule has 0 radical (unpaired) electrons. The van der Waals surface area contributed by atoms with Crippen molar-refractivity contribution in [3.8, 4) is 0 Å². The topological polar surface area (TPSA) is 58.3 Å². The average Bonchev–Trinajstić information content (AvgIpc) is 3.21. The number of likely N-dealkylation sites (tertiary alicyclic amines) is 1. The summed E-state index contributed by atoms with van der Waals surface area (Å²) in [4.78, 5) is 11.2. The van der Waals surface area contributed by atoms with Crippen molar-refractivity contribution in [3.63, 3.8) is 0 Å². The highest BCUT2D eigenvalue weighted by Crippen LogP contribution is 2.26. The molecule has 1 saturated heterocycles. The minimum atomic E-state index is 0. The largest absolute Gasteiger partial charge is 0.350 e. The molecule has 2 aromatic heterocycles. The van der Waals surface area contributed by atoms with Gasteiger partial charge in [0, 0.05) is 50.4 Å². The number of guanidine groups is 1. The molecule has 0 bridgehead atoms. The molecule has 0 aliphatic carbocycles. The van der Waals surface area contributed by atoms with Gasteiger partial charge in [-0.15, -0.1) is 35.3 Å². The predicted octanol–water partition coefficient (Wildman–Crippen LogP) is 2.37. The van der Waals surface area contributed by atoms with Crippen molar-refractivity contribution in [3.05, 3.63) is 34.0 Å². The number of nitrogens with one attached hydrogen (secondary N) is 1. The molecular weight excluding hydrogens is 423 g/mol. The molecule has 1 fully saturated rings. The Morgan fingerprint density at radius 1 is 1.52 bits per heavy atom. The van der Waals surface area contributed by atoms with E-state index in [1.165, 1.54) is 5.56 Å². The van der Waals surface area contributed by atoms with E-state index < -0.39 is 0 Å². The molecule has 3 rings (SSSR count). The Bertz CT molecular complexity index is 664. The zero-order valence-electron chi connectivity index (χ0n) is 13.7. The first-order valence-electron chi connectivity index (χ1n) is 7.51. The van der Waals surface area contributed by atoms with Gasteiger partial charge in [-0.25, -0.2) is 4.98 Å². The number of nitrogens with zero attached hydrogens (tertiary/aromatic N) is 5. The van der Waals surface area contributed by atoms with Gasteiger partial charge in [0.15, 0.2) is 5.96 Å². The van der Waals surface area contributed by atoms with Crippen LogP contribution in [-0.2, 0) is 13.6 Å². The number of thiazole rings is 1. The smallest absolute Gasteiger partial charge is 0.194 e. The molecule has 1 N–H and O–H groups in total. The summed E-state index contributed by atoms with van der Waals surface area (Å²) in [6, 6.07) is 0. The third-order valence-electron chi connectivity index (χ3n) is 3.96. The number of aliphatic imine (C=N–C) groups is 1. The molecule has 0 spiro atoms. The first kappa shape index (κ1) is 18.2. The van der Waals surface area contributed by atoms with Crippen LogP contribution in [0.4, 0.5) is 0 Å². The fourth-order valence-electron chi connectivity index (χ4n) is 2.85. The van der Waals surface area contributed by atoms with Crippen molar-refractivity contribution in [2.75, 3.05) is 20.1 Å². The lowest BCUT2D eigenvalue weighted by atomic mass is 10.0. The normalized spacial score (nSPS) is 18.1. The molecule has 1 aliphatic rings. The molecule has 6 nitrogen and oxygen atoms in total. The second kappa shape index (κ2) is 8.09. The van der Waals surface area contributed by atoms with Crippen molar-refractivity contribution in [1.29, 1.82) is 0 Å². The van der Waals surface area contributed by atoms with Crippen LogP contribution in [0, 0.1) is 6.92 Å². The summed E-state index contributed by atoms with van der Waals surface area (Å²) in [6.07, 6.45) is 5.23. The van der Waals surface area contributed by atoms with Crippen molar-refractivity contribution in [1.82, 2.24) is 25.0 Å². The first-order valence-corrected chi connectivity index (χ1v) is 8.39.